The Morgan fingerprint density at radius 2 is 1.67 bits per heavy atom. The number of anilines is 1. The summed E-state index contributed by atoms with van der Waals surface area (Å²) in [7, 11) is -3.58. The van der Waals surface area contributed by atoms with Crippen molar-refractivity contribution in [2.24, 2.45) is 0 Å². The number of para-hydroxylation sites is 2. The van der Waals surface area contributed by atoms with Crippen LogP contribution in [0.3, 0.4) is 0 Å². The van der Waals surface area contributed by atoms with Gasteiger partial charge in [-0.05, 0) is 38.1 Å². The van der Waals surface area contributed by atoms with Gasteiger partial charge in [-0.25, -0.2) is 13.2 Å². The minimum absolute atomic E-state index is 0.0371. The van der Waals surface area contributed by atoms with Crippen LogP contribution in [0.2, 0.25) is 0 Å². The van der Waals surface area contributed by atoms with Crippen LogP contribution in [0.25, 0.3) is 0 Å². The van der Waals surface area contributed by atoms with Gasteiger partial charge in [0.05, 0.1) is 24.3 Å². The topological polar surface area (TPSA) is 93.7 Å². The molecule has 0 fully saturated rings. The molecule has 0 saturated carbocycles. The molecule has 2 aromatic carbocycles. The third-order valence-electron chi connectivity index (χ3n) is 4.05. The molecule has 2 rings (SSSR count). The van der Waals surface area contributed by atoms with Crippen LogP contribution in [0.15, 0.2) is 53.4 Å². The van der Waals surface area contributed by atoms with E-state index in [9.17, 15) is 26.4 Å². The van der Waals surface area contributed by atoms with E-state index in [-0.39, 0.29) is 11.4 Å². The van der Waals surface area contributed by atoms with Crippen LogP contribution in [0.4, 0.5) is 18.9 Å². The monoisotopic (exact) mass is 446 g/mol. The summed E-state index contributed by atoms with van der Waals surface area (Å²) < 4.78 is 79.4. The van der Waals surface area contributed by atoms with E-state index < -0.39 is 39.3 Å². The number of ether oxygens (including phenoxy) is 2. The third kappa shape index (κ3) is 4.85. The third-order valence-corrected chi connectivity index (χ3v) is 5.52. The summed E-state index contributed by atoms with van der Waals surface area (Å²) in [6.07, 6.45) is -5.42. The predicted molar refractivity (Wildman–Crippen MR) is 104 cm³/mol. The van der Waals surface area contributed by atoms with E-state index in [4.69, 9.17) is 4.74 Å². The first-order chi connectivity index (χ1) is 14.0. The number of benzene rings is 2. The number of carbonyl (C=O) groups excluding carboxylic acids is 1. The standard InChI is InChI=1S/C19H21F3N2O5S/c1-4-29-17(25)18(19(20,21)22,23-15-7-5-6-8-16(15)28-3)24-30(26,27)14-11-9-13(2)10-12-14/h5-12,23-24H,4H2,1-3H3. The van der Waals surface area contributed by atoms with Crippen molar-refractivity contribution in [3.8, 4) is 5.75 Å². The zero-order valence-corrected chi connectivity index (χ0v) is 17.2. The SMILES string of the molecule is CCOC(=O)C(Nc1ccccc1OC)(NS(=O)(=O)c1ccc(C)cc1)C(F)(F)F. The Morgan fingerprint density at radius 3 is 2.20 bits per heavy atom. The van der Waals surface area contributed by atoms with Crippen LogP contribution in [-0.2, 0) is 19.6 Å². The smallest absolute Gasteiger partial charge is 0.437 e. The van der Waals surface area contributed by atoms with E-state index in [2.05, 4.69) is 4.74 Å². The first kappa shape index (κ1) is 23.5. The van der Waals surface area contributed by atoms with Crippen LogP contribution in [-0.4, -0.2) is 39.9 Å². The molecular formula is C19H21F3N2O5S. The van der Waals surface area contributed by atoms with E-state index in [0.29, 0.717) is 5.56 Å². The zero-order valence-electron chi connectivity index (χ0n) is 16.4. The molecule has 0 bridgehead atoms. The van der Waals surface area contributed by atoms with Gasteiger partial charge in [0.25, 0.3) is 5.66 Å². The highest BCUT2D eigenvalue weighted by Gasteiger charge is 2.64. The number of hydrogen-bond donors (Lipinski definition) is 2. The van der Waals surface area contributed by atoms with Gasteiger partial charge >= 0.3 is 12.1 Å². The Bertz CT molecular complexity index is 994. The lowest BCUT2D eigenvalue weighted by Gasteiger charge is -2.35. The second kappa shape index (κ2) is 8.92. The van der Waals surface area contributed by atoms with E-state index in [1.165, 1.54) is 55.2 Å². The van der Waals surface area contributed by atoms with Crippen LogP contribution in [0.1, 0.15) is 12.5 Å². The highest BCUT2D eigenvalue weighted by molar-refractivity contribution is 7.89. The van der Waals surface area contributed by atoms with Crippen molar-refractivity contribution in [3.05, 3.63) is 54.1 Å². The molecule has 0 radical (unpaired) electrons. The van der Waals surface area contributed by atoms with Crippen LogP contribution in [0.5, 0.6) is 5.75 Å². The minimum atomic E-state index is -5.42. The fourth-order valence-corrected chi connectivity index (χ4v) is 3.80. The first-order valence-corrected chi connectivity index (χ1v) is 10.2. The highest BCUT2D eigenvalue weighted by atomic mass is 32.2. The van der Waals surface area contributed by atoms with Gasteiger partial charge < -0.3 is 14.8 Å². The van der Waals surface area contributed by atoms with E-state index in [1.54, 1.807) is 6.92 Å². The summed E-state index contributed by atoms with van der Waals surface area (Å²) in [5.41, 5.74) is -3.37. The molecule has 0 heterocycles. The summed E-state index contributed by atoms with van der Waals surface area (Å²) >= 11 is 0. The average Bonchev–Trinajstić information content (AvgIpc) is 2.67. The Hall–Kier alpha value is -2.79. The molecule has 1 unspecified atom stereocenters. The summed E-state index contributed by atoms with van der Waals surface area (Å²) in [6, 6.07) is 10.6. The summed E-state index contributed by atoms with van der Waals surface area (Å²) in [5.74, 6) is -1.90. The largest absolute Gasteiger partial charge is 0.495 e. The van der Waals surface area contributed by atoms with Crippen molar-refractivity contribution >= 4 is 21.7 Å². The molecule has 0 saturated heterocycles. The molecule has 0 aliphatic carbocycles. The lowest BCUT2D eigenvalue weighted by Crippen LogP contribution is -2.69. The Balaban J connectivity index is 2.64. The number of methoxy groups -OCH3 is 1. The van der Waals surface area contributed by atoms with Crippen LogP contribution < -0.4 is 14.8 Å². The Kier molecular flexibility index (Phi) is 6.99. The van der Waals surface area contributed by atoms with Gasteiger partial charge in [-0.2, -0.15) is 17.9 Å². The van der Waals surface area contributed by atoms with Crippen molar-refractivity contribution in [1.82, 2.24) is 4.72 Å². The number of halogens is 3. The molecule has 11 heteroatoms. The molecule has 0 spiro atoms. The predicted octanol–water partition coefficient (Wildman–Crippen LogP) is 3.22. The summed E-state index contributed by atoms with van der Waals surface area (Å²) in [4.78, 5) is 12.1. The Labute approximate surface area is 172 Å². The fourth-order valence-electron chi connectivity index (χ4n) is 2.53. The molecule has 164 valence electrons. The summed E-state index contributed by atoms with van der Waals surface area (Å²) in [6.45, 7) is 2.58. The van der Waals surface area contributed by atoms with Gasteiger partial charge in [-0.15, -0.1) is 0 Å². The molecule has 0 aliphatic rings. The highest BCUT2D eigenvalue weighted by Crippen LogP contribution is 2.37. The van der Waals surface area contributed by atoms with Gasteiger partial charge in [0, 0.05) is 0 Å². The van der Waals surface area contributed by atoms with Crippen LogP contribution >= 0.6 is 0 Å². The molecule has 2 N–H and O–H groups in total. The number of sulfonamides is 1. The quantitative estimate of drug-likeness (QED) is 0.478. The van der Waals surface area contributed by atoms with Crippen molar-refractivity contribution < 1.29 is 35.9 Å². The Morgan fingerprint density at radius 1 is 1.07 bits per heavy atom. The van der Waals surface area contributed by atoms with Gasteiger partial charge in [0.2, 0.25) is 10.0 Å². The molecular weight excluding hydrogens is 425 g/mol. The zero-order chi connectivity index (χ0) is 22.6. The minimum Gasteiger partial charge on any atom is -0.495 e. The number of esters is 1. The van der Waals surface area contributed by atoms with E-state index >= 15 is 0 Å². The maximum atomic E-state index is 14.2. The lowest BCUT2D eigenvalue weighted by molar-refractivity contribution is -0.202. The normalized spacial score (nSPS) is 13.9. The second-order valence-electron chi connectivity index (χ2n) is 6.21. The van der Waals surface area contributed by atoms with Crippen molar-refractivity contribution in [2.75, 3.05) is 19.0 Å². The molecule has 1 atom stereocenters. The number of hydrogen-bond acceptors (Lipinski definition) is 6. The average molecular weight is 446 g/mol. The molecule has 7 nitrogen and oxygen atoms in total. The molecule has 2 aromatic rings. The van der Waals surface area contributed by atoms with Gasteiger partial charge in [-0.1, -0.05) is 29.8 Å². The fraction of sp³-hybridized carbons (Fsp3) is 0.316. The van der Waals surface area contributed by atoms with Gasteiger partial charge in [0.1, 0.15) is 5.75 Å². The first-order valence-electron chi connectivity index (χ1n) is 8.72. The van der Waals surface area contributed by atoms with Crippen LogP contribution in [0, 0.1) is 6.92 Å². The maximum Gasteiger partial charge on any atom is 0.437 e. The van der Waals surface area contributed by atoms with E-state index in [1.807, 2.05) is 5.32 Å². The molecule has 30 heavy (non-hydrogen) atoms. The lowest BCUT2D eigenvalue weighted by atomic mass is 10.1. The van der Waals surface area contributed by atoms with E-state index in [0.717, 1.165) is 12.1 Å². The van der Waals surface area contributed by atoms with Gasteiger partial charge in [-0.3, -0.25) is 0 Å². The number of aryl methyl sites for hydroxylation is 1. The molecule has 0 aliphatic heterocycles. The molecule has 0 amide bonds. The maximum absolute atomic E-state index is 14.2. The van der Waals surface area contributed by atoms with Gasteiger partial charge in [0.15, 0.2) is 0 Å². The number of alkyl halides is 3. The number of rotatable bonds is 8. The second-order valence-corrected chi connectivity index (χ2v) is 7.89. The number of carbonyl (C=O) groups is 1. The van der Waals surface area contributed by atoms with Crippen molar-refractivity contribution in [3.63, 3.8) is 0 Å². The number of nitrogens with one attached hydrogen (secondary N) is 2. The molecule has 0 aromatic heterocycles. The summed E-state index contributed by atoms with van der Waals surface area (Å²) in [5, 5.41) is 1.96. The van der Waals surface area contributed by atoms with Crippen molar-refractivity contribution in [1.29, 1.82) is 0 Å². The van der Waals surface area contributed by atoms with Crippen molar-refractivity contribution in [2.45, 2.75) is 30.6 Å².